The molecule has 170 valence electrons. The van der Waals surface area contributed by atoms with E-state index in [0.717, 1.165) is 21.0 Å². The third-order valence-corrected chi connectivity index (χ3v) is 6.51. The van der Waals surface area contributed by atoms with Crippen LogP contribution in [0.3, 0.4) is 0 Å². The number of anilines is 1. The Morgan fingerprint density at radius 3 is 3.03 bits per heavy atom. The zero-order valence-electron chi connectivity index (χ0n) is 17.7. The fourth-order valence-electron chi connectivity index (χ4n) is 3.75. The summed E-state index contributed by atoms with van der Waals surface area (Å²) in [6.45, 7) is 0.723. The summed E-state index contributed by atoms with van der Waals surface area (Å²) in [6.07, 6.45) is 6.00. The number of rotatable bonds is 5. The molecule has 2 unspecified atom stereocenters. The van der Waals surface area contributed by atoms with Gasteiger partial charge in [-0.2, -0.15) is 5.26 Å². The van der Waals surface area contributed by atoms with Crippen molar-refractivity contribution >= 4 is 35.3 Å². The second-order valence-corrected chi connectivity index (χ2v) is 9.10. The van der Waals surface area contributed by atoms with Gasteiger partial charge in [-0.1, -0.05) is 30.0 Å². The first-order valence-corrected chi connectivity index (χ1v) is 11.1. The predicted molar refractivity (Wildman–Crippen MR) is 121 cm³/mol. The van der Waals surface area contributed by atoms with Crippen LogP contribution in [0.2, 0.25) is 0 Å². The van der Waals surface area contributed by atoms with Gasteiger partial charge in [0.25, 0.3) is 11.8 Å². The van der Waals surface area contributed by atoms with Crippen LogP contribution in [0.15, 0.2) is 47.6 Å². The number of thioether (sulfide) groups is 1. The first-order valence-electron chi connectivity index (χ1n) is 10.3. The molecule has 1 aromatic heterocycles. The average molecular weight is 470 g/mol. The van der Waals surface area contributed by atoms with Crippen LogP contribution < -0.4 is 10.6 Å². The number of hydrogen-bond acceptors (Lipinski definition) is 6. The summed E-state index contributed by atoms with van der Waals surface area (Å²) in [7, 11) is 0. The molecule has 0 bridgehead atoms. The summed E-state index contributed by atoms with van der Waals surface area (Å²) in [5.41, 5.74) is 3.07. The molecule has 1 aromatic carbocycles. The van der Waals surface area contributed by atoms with E-state index in [1.165, 1.54) is 18.5 Å². The van der Waals surface area contributed by atoms with Gasteiger partial charge in [0.2, 0.25) is 5.91 Å². The Hall–Kier alpha value is -3.45. The second kappa shape index (κ2) is 9.19. The van der Waals surface area contributed by atoms with Crippen LogP contribution >= 0.6 is 11.8 Å². The molecule has 4 rings (SSSR count). The molecule has 10 heteroatoms. The molecule has 3 heterocycles. The molecule has 7 nitrogen and oxygen atoms in total. The number of nitrogens with one attached hydrogen (secondary N) is 2. The molecule has 2 aliphatic heterocycles. The number of carbonyl (C=O) groups excluding carboxylic acids is 2. The molecule has 2 N–H and O–H groups in total. The van der Waals surface area contributed by atoms with E-state index in [1.807, 2.05) is 19.1 Å². The summed E-state index contributed by atoms with van der Waals surface area (Å²) < 4.78 is 27.1. The number of aryl methyl sites for hydroxylation is 1. The number of alkyl halides is 2. The number of hydrogen-bond donors (Lipinski definition) is 2. The Morgan fingerprint density at radius 1 is 1.42 bits per heavy atom. The lowest BCUT2D eigenvalue weighted by Crippen LogP contribution is -2.43. The molecular formula is C23H21F2N5O2S. The minimum atomic E-state index is -3.10. The number of nitriles is 1. The van der Waals surface area contributed by atoms with E-state index in [4.69, 9.17) is 5.26 Å². The van der Waals surface area contributed by atoms with Crippen LogP contribution in [0, 0.1) is 18.3 Å². The van der Waals surface area contributed by atoms with Crippen molar-refractivity contribution in [2.45, 2.75) is 35.6 Å². The number of fused-ring (bicyclic) bond motifs is 1. The molecule has 2 aromatic rings. The topological polar surface area (TPSA) is 98.1 Å². The zero-order chi connectivity index (χ0) is 23.6. The van der Waals surface area contributed by atoms with Crippen molar-refractivity contribution in [1.82, 2.24) is 15.2 Å². The molecule has 1 fully saturated rings. The third-order valence-electron chi connectivity index (χ3n) is 5.37. The maximum Gasteiger partial charge on any atom is 0.268 e. The molecule has 2 amide bonds. The normalized spacial score (nSPS) is 20.8. The summed E-state index contributed by atoms with van der Waals surface area (Å²) in [6, 6.07) is 8.22. The van der Waals surface area contributed by atoms with Crippen LogP contribution in [0.4, 0.5) is 14.5 Å². The predicted octanol–water partition coefficient (Wildman–Crippen LogP) is 3.44. The van der Waals surface area contributed by atoms with E-state index < -0.39 is 43.3 Å². The van der Waals surface area contributed by atoms with E-state index in [0.29, 0.717) is 11.1 Å². The van der Waals surface area contributed by atoms with Crippen LogP contribution in [-0.4, -0.2) is 52.1 Å². The van der Waals surface area contributed by atoms with Gasteiger partial charge in [0, 0.05) is 40.5 Å². The first-order chi connectivity index (χ1) is 15.8. The highest BCUT2D eigenvalue weighted by Gasteiger charge is 2.47. The average Bonchev–Trinajstić information content (AvgIpc) is 3.34. The molecule has 0 aliphatic carbocycles. The fourth-order valence-corrected chi connectivity index (χ4v) is 4.76. The zero-order valence-corrected chi connectivity index (χ0v) is 18.5. The van der Waals surface area contributed by atoms with Gasteiger partial charge in [-0.15, -0.1) is 0 Å². The van der Waals surface area contributed by atoms with Gasteiger partial charge in [0.05, 0.1) is 24.5 Å². The molecule has 0 saturated carbocycles. The lowest BCUT2D eigenvalue weighted by molar-refractivity contribution is -0.131. The van der Waals surface area contributed by atoms with Crippen molar-refractivity contribution in [3.05, 3.63) is 59.4 Å². The largest absolute Gasteiger partial charge is 0.369 e. The van der Waals surface area contributed by atoms with Gasteiger partial charge in [-0.25, -0.2) is 8.78 Å². The minimum absolute atomic E-state index is 0.0146. The lowest BCUT2D eigenvalue weighted by atomic mass is 10.1. The van der Waals surface area contributed by atoms with E-state index in [-0.39, 0.29) is 5.37 Å². The third kappa shape index (κ3) is 5.14. The van der Waals surface area contributed by atoms with Gasteiger partial charge in [-0.05, 0) is 30.7 Å². The molecule has 0 radical (unpaired) electrons. The first kappa shape index (κ1) is 22.7. The van der Waals surface area contributed by atoms with Gasteiger partial charge < -0.3 is 15.5 Å². The van der Waals surface area contributed by atoms with Gasteiger partial charge in [-0.3, -0.25) is 14.6 Å². The number of likely N-dealkylation sites (tertiary alicyclic amines) is 1. The Bertz CT molecular complexity index is 1160. The Kier molecular flexibility index (Phi) is 6.33. The maximum atomic E-state index is 13.6. The molecule has 1 saturated heterocycles. The standard InChI is InChI=1S/C23H21F2N5O2S/c1-14-2-4-19-18(8-14)29-20(33-19)5-3-15-11-27-7-6-17(15)22(32)28-12-21(31)30-13-23(24,25)9-16(30)10-26/h2-8,11,16,20,29H,9,12-13H2,1H3,(H,28,32). The van der Waals surface area contributed by atoms with Gasteiger partial charge in [0.1, 0.15) is 6.04 Å². The molecule has 2 atom stereocenters. The van der Waals surface area contributed by atoms with Crippen LogP contribution in [0.1, 0.15) is 27.9 Å². The molecule has 33 heavy (non-hydrogen) atoms. The van der Waals surface area contributed by atoms with Gasteiger partial charge in [0.15, 0.2) is 0 Å². The van der Waals surface area contributed by atoms with E-state index in [1.54, 1.807) is 23.9 Å². The van der Waals surface area contributed by atoms with Crippen LogP contribution in [-0.2, 0) is 4.79 Å². The van der Waals surface area contributed by atoms with Gasteiger partial charge >= 0.3 is 0 Å². The fraction of sp³-hybridized carbons (Fsp3) is 0.304. The van der Waals surface area contributed by atoms with Crippen LogP contribution in [0.5, 0.6) is 0 Å². The minimum Gasteiger partial charge on any atom is -0.369 e. The summed E-state index contributed by atoms with van der Waals surface area (Å²) in [5.74, 6) is -4.36. The maximum absolute atomic E-state index is 13.6. The van der Waals surface area contributed by atoms with Crippen LogP contribution in [0.25, 0.3) is 6.08 Å². The smallest absolute Gasteiger partial charge is 0.268 e. The summed E-state index contributed by atoms with van der Waals surface area (Å²) in [4.78, 5) is 31.1. The summed E-state index contributed by atoms with van der Waals surface area (Å²) in [5, 5.41) is 14.9. The van der Waals surface area contributed by atoms with E-state index in [2.05, 4.69) is 27.8 Å². The quantitative estimate of drug-likeness (QED) is 0.696. The number of pyridine rings is 1. The SMILES string of the molecule is Cc1ccc2c(c1)NC(C=Cc1cnccc1C(=O)NCC(=O)N1CC(F)(F)CC1C#N)S2. The number of amides is 2. The Morgan fingerprint density at radius 2 is 2.24 bits per heavy atom. The molecular weight excluding hydrogens is 448 g/mol. The lowest BCUT2D eigenvalue weighted by Gasteiger charge is -2.19. The molecule has 2 aliphatic rings. The summed E-state index contributed by atoms with van der Waals surface area (Å²) >= 11 is 1.65. The molecule has 0 spiro atoms. The Balaban J connectivity index is 1.39. The highest BCUT2D eigenvalue weighted by atomic mass is 32.2. The van der Waals surface area contributed by atoms with Crippen molar-refractivity contribution < 1.29 is 18.4 Å². The monoisotopic (exact) mass is 469 g/mol. The van der Waals surface area contributed by atoms with Crippen molar-refractivity contribution in [1.29, 1.82) is 5.26 Å². The number of benzene rings is 1. The van der Waals surface area contributed by atoms with Crippen molar-refractivity contribution in [2.75, 3.05) is 18.4 Å². The van der Waals surface area contributed by atoms with Crippen molar-refractivity contribution in [3.8, 4) is 6.07 Å². The van der Waals surface area contributed by atoms with E-state index in [9.17, 15) is 18.4 Å². The van der Waals surface area contributed by atoms with E-state index >= 15 is 0 Å². The second-order valence-electron chi connectivity index (χ2n) is 7.91. The number of nitrogens with zero attached hydrogens (tertiary/aromatic N) is 3. The number of aromatic nitrogens is 1. The number of halogens is 2. The number of carbonyl (C=O) groups is 2. The highest BCUT2D eigenvalue weighted by molar-refractivity contribution is 8.00. The van der Waals surface area contributed by atoms with Crippen molar-refractivity contribution in [2.24, 2.45) is 0 Å². The van der Waals surface area contributed by atoms with Crippen molar-refractivity contribution in [3.63, 3.8) is 0 Å². The Labute approximate surface area is 193 Å². The highest BCUT2D eigenvalue weighted by Crippen LogP contribution is 2.39.